The average molecular weight is 404 g/mol. The normalized spacial score (nSPS) is 9.57. The molecule has 3 aromatic rings. The molecular weight excluding hydrogens is 380 g/mol. The van der Waals surface area contributed by atoms with Gasteiger partial charge in [0.1, 0.15) is 6.61 Å². The second-order valence-electron chi connectivity index (χ2n) is 6.10. The van der Waals surface area contributed by atoms with Crippen molar-refractivity contribution in [3.05, 3.63) is 72.3 Å². The maximum Gasteiger partial charge on any atom is 0.330 e. The molecule has 154 valence electrons. The summed E-state index contributed by atoms with van der Waals surface area (Å²) in [5.41, 5.74) is 3.99. The molecule has 6 nitrogen and oxygen atoms in total. The third kappa shape index (κ3) is 7.04. The number of aromatic nitrogens is 2. The second-order valence-corrected chi connectivity index (χ2v) is 6.10. The fraction of sp³-hybridized carbons (Fsp3) is 0.208. The molecule has 30 heavy (non-hydrogen) atoms. The molecular formula is C24H24N2O4. The van der Waals surface area contributed by atoms with Crippen LogP contribution in [0.15, 0.2) is 65.6 Å². The summed E-state index contributed by atoms with van der Waals surface area (Å²) in [6, 6.07) is 15.8. The molecule has 3 rings (SSSR count). The molecule has 6 heteroatoms. The number of methoxy groups -OCH3 is 1. The van der Waals surface area contributed by atoms with E-state index < -0.39 is 5.97 Å². The molecule has 0 radical (unpaired) electrons. The number of esters is 1. The quantitative estimate of drug-likeness (QED) is 0.262. The molecule has 0 bridgehead atoms. The Kier molecular flexibility index (Phi) is 9.04. The number of nitrogens with zero attached hydrogens (tertiary/aromatic N) is 2. The van der Waals surface area contributed by atoms with Crippen molar-refractivity contribution >= 4 is 5.97 Å². The maximum absolute atomic E-state index is 10.3. The minimum Gasteiger partial charge on any atom is -0.460 e. The summed E-state index contributed by atoms with van der Waals surface area (Å²) in [6.07, 6.45) is 1.12. The zero-order valence-corrected chi connectivity index (χ0v) is 17.3. The Balaban J connectivity index is 0.000000303. The van der Waals surface area contributed by atoms with E-state index in [-0.39, 0.29) is 0 Å². The maximum atomic E-state index is 10.3. The number of hydrogen-bond acceptors (Lipinski definition) is 6. The highest BCUT2D eigenvalue weighted by Gasteiger charge is 2.10. The first-order chi connectivity index (χ1) is 14.6. The van der Waals surface area contributed by atoms with Crippen molar-refractivity contribution in [1.82, 2.24) is 10.2 Å². The summed E-state index contributed by atoms with van der Waals surface area (Å²) in [5, 5.41) is 8.21. The number of hydrogen-bond donors (Lipinski definition) is 0. The number of carbonyl (C=O) groups is 1. The van der Waals surface area contributed by atoms with Gasteiger partial charge in [-0.1, -0.05) is 30.2 Å². The van der Waals surface area contributed by atoms with Gasteiger partial charge >= 0.3 is 5.97 Å². The number of ether oxygens (including phenoxy) is 2. The van der Waals surface area contributed by atoms with Crippen LogP contribution in [0.2, 0.25) is 0 Å². The second kappa shape index (κ2) is 12.0. The van der Waals surface area contributed by atoms with Gasteiger partial charge in [0.25, 0.3) is 0 Å². The standard InChI is InChI=1S/C18H14N2O.C6H10O3/c1-3-4-14-7-11-16(12-8-14)18-20-19-17(21-18)15-9-5-13(2)6-10-15;1-3-6(7)9-5-4-8-2/h5-12H,1-2H3;3H,1,4-5H2,2H3. The van der Waals surface area contributed by atoms with Crippen LogP contribution in [0.5, 0.6) is 0 Å². The van der Waals surface area contributed by atoms with Crippen LogP contribution in [-0.4, -0.2) is 36.5 Å². The van der Waals surface area contributed by atoms with Gasteiger partial charge in [0, 0.05) is 29.9 Å². The summed E-state index contributed by atoms with van der Waals surface area (Å²) in [5.74, 6) is 6.51. The lowest BCUT2D eigenvalue weighted by Gasteiger charge is -1.98. The van der Waals surface area contributed by atoms with E-state index in [0.717, 1.165) is 22.8 Å². The van der Waals surface area contributed by atoms with Gasteiger partial charge in [0.05, 0.1) is 6.61 Å². The Bertz CT molecular complexity index is 1010. The van der Waals surface area contributed by atoms with Crippen molar-refractivity contribution in [3.63, 3.8) is 0 Å². The van der Waals surface area contributed by atoms with E-state index in [1.807, 2.05) is 62.4 Å². The summed E-state index contributed by atoms with van der Waals surface area (Å²) in [6.45, 7) is 7.81. The molecule has 2 aromatic carbocycles. The van der Waals surface area contributed by atoms with E-state index in [0.29, 0.717) is 25.0 Å². The molecule has 0 N–H and O–H groups in total. The van der Waals surface area contributed by atoms with Crippen molar-refractivity contribution in [1.29, 1.82) is 0 Å². The van der Waals surface area contributed by atoms with Crippen LogP contribution >= 0.6 is 0 Å². The Labute approximate surface area is 176 Å². The van der Waals surface area contributed by atoms with Crippen LogP contribution in [0, 0.1) is 18.8 Å². The highest BCUT2D eigenvalue weighted by molar-refractivity contribution is 5.81. The molecule has 1 heterocycles. The first kappa shape index (κ1) is 22.6. The van der Waals surface area contributed by atoms with E-state index in [9.17, 15) is 4.79 Å². The lowest BCUT2D eigenvalue weighted by Crippen LogP contribution is -2.06. The molecule has 0 aliphatic rings. The van der Waals surface area contributed by atoms with Gasteiger partial charge in [-0.25, -0.2) is 4.79 Å². The van der Waals surface area contributed by atoms with Gasteiger partial charge in [-0.2, -0.15) is 0 Å². The predicted octanol–water partition coefficient (Wildman–Crippen LogP) is 4.45. The molecule has 0 saturated carbocycles. The Morgan fingerprint density at radius 2 is 1.60 bits per heavy atom. The zero-order valence-electron chi connectivity index (χ0n) is 17.3. The van der Waals surface area contributed by atoms with E-state index in [4.69, 9.17) is 4.42 Å². The van der Waals surface area contributed by atoms with Crippen LogP contribution in [0.3, 0.4) is 0 Å². The minimum atomic E-state index is -0.410. The monoisotopic (exact) mass is 404 g/mol. The third-order valence-corrected chi connectivity index (χ3v) is 3.82. The lowest BCUT2D eigenvalue weighted by molar-refractivity contribution is -0.138. The Morgan fingerprint density at radius 1 is 1.03 bits per heavy atom. The van der Waals surface area contributed by atoms with E-state index in [1.54, 1.807) is 7.11 Å². The van der Waals surface area contributed by atoms with Crippen molar-refractivity contribution in [3.8, 4) is 34.7 Å². The summed E-state index contributed by atoms with van der Waals surface area (Å²) in [4.78, 5) is 10.3. The van der Waals surface area contributed by atoms with Crippen molar-refractivity contribution in [2.24, 2.45) is 0 Å². The highest BCUT2D eigenvalue weighted by atomic mass is 16.6. The average Bonchev–Trinajstić information content (AvgIpc) is 3.26. The van der Waals surface area contributed by atoms with Crippen LogP contribution in [-0.2, 0) is 14.3 Å². The largest absolute Gasteiger partial charge is 0.460 e. The molecule has 0 amide bonds. The zero-order chi connectivity index (χ0) is 21.8. The summed E-state index contributed by atoms with van der Waals surface area (Å²) in [7, 11) is 1.54. The van der Waals surface area contributed by atoms with Crippen LogP contribution in [0.4, 0.5) is 0 Å². The third-order valence-electron chi connectivity index (χ3n) is 3.82. The SMILES string of the molecule is C=CC(=O)OCCOC.CC#Cc1ccc(-c2nnc(-c3ccc(C)cc3)o2)cc1. The topological polar surface area (TPSA) is 74.5 Å². The first-order valence-electron chi connectivity index (χ1n) is 9.29. The van der Waals surface area contributed by atoms with Gasteiger partial charge in [-0.3, -0.25) is 0 Å². The number of aryl methyl sites for hydroxylation is 1. The molecule has 0 saturated heterocycles. The molecule has 0 fully saturated rings. The van der Waals surface area contributed by atoms with Crippen LogP contribution in [0.25, 0.3) is 22.9 Å². The fourth-order valence-electron chi connectivity index (χ4n) is 2.28. The highest BCUT2D eigenvalue weighted by Crippen LogP contribution is 2.24. The first-order valence-corrected chi connectivity index (χ1v) is 9.29. The predicted molar refractivity (Wildman–Crippen MR) is 115 cm³/mol. The number of rotatable bonds is 6. The van der Waals surface area contributed by atoms with Gasteiger partial charge in [-0.05, 0) is 50.2 Å². The van der Waals surface area contributed by atoms with E-state index in [1.165, 1.54) is 5.56 Å². The van der Waals surface area contributed by atoms with Crippen molar-refractivity contribution in [2.45, 2.75) is 13.8 Å². The van der Waals surface area contributed by atoms with Gasteiger partial charge in [0.2, 0.25) is 11.8 Å². The molecule has 0 unspecified atom stereocenters. The molecule has 0 aliphatic carbocycles. The van der Waals surface area contributed by atoms with Crippen LogP contribution < -0.4 is 0 Å². The molecule has 1 aromatic heterocycles. The number of benzene rings is 2. The van der Waals surface area contributed by atoms with Crippen molar-refractivity contribution < 1.29 is 18.7 Å². The van der Waals surface area contributed by atoms with E-state index >= 15 is 0 Å². The summed E-state index contributed by atoms with van der Waals surface area (Å²) >= 11 is 0. The lowest BCUT2D eigenvalue weighted by atomic mass is 10.1. The Morgan fingerprint density at radius 3 is 2.10 bits per heavy atom. The number of carbonyl (C=O) groups excluding carboxylic acids is 1. The molecule has 0 atom stereocenters. The van der Waals surface area contributed by atoms with Gasteiger partial charge in [0.15, 0.2) is 0 Å². The summed E-state index contributed by atoms with van der Waals surface area (Å²) < 4.78 is 14.9. The molecule has 0 spiro atoms. The smallest absolute Gasteiger partial charge is 0.330 e. The van der Waals surface area contributed by atoms with E-state index in [2.05, 4.69) is 38.1 Å². The van der Waals surface area contributed by atoms with Crippen molar-refractivity contribution in [2.75, 3.05) is 20.3 Å². The van der Waals surface area contributed by atoms with Crippen LogP contribution in [0.1, 0.15) is 18.1 Å². The Hall–Kier alpha value is -3.69. The van der Waals surface area contributed by atoms with Gasteiger partial charge in [-0.15, -0.1) is 16.1 Å². The van der Waals surface area contributed by atoms with Gasteiger partial charge < -0.3 is 13.9 Å². The minimum absolute atomic E-state index is 0.293. The fourth-order valence-corrected chi connectivity index (χ4v) is 2.28. The molecule has 0 aliphatic heterocycles.